The van der Waals surface area contributed by atoms with E-state index >= 15 is 0 Å². The van der Waals surface area contributed by atoms with Crippen LogP contribution < -0.4 is 10.1 Å². The third-order valence-corrected chi connectivity index (χ3v) is 6.26. The highest BCUT2D eigenvalue weighted by Crippen LogP contribution is 2.35. The molecule has 1 amide bonds. The predicted molar refractivity (Wildman–Crippen MR) is 108 cm³/mol. The van der Waals surface area contributed by atoms with Gasteiger partial charge in [0.25, 0.3) is 5.91 Å². The summed E-state index contributed by atoms with van der Waals surface area (Å²) in [5.41, 5.74) is 1.52. The molecule has 0 bridgehead atoms. The Bertz CT molecular complexity index is 927. The van der Waals surface area contributed by atoms with E-state index < -0.39 is 0 Å². The highest BCUT2D eigenvalue weighted by Gasteiger charge is 2.22. The third-order valence-electron chi connectivity index (χ3n) is 5.49. The van der Waals surface area contributed by atoms with E-state index in [0.29, 0.717) is 22.5 Å². The molecule has 1 fully saturated rings. The maximum absolute atomic E-state index is 12.4. The summed E-state index contributed by atoms with van der Waals surface area (Å²) >= 11 is 1.31. The average molecular weight is 385 g/mol. The molecule has 4 rings (SSSR count). The van der Waals surface area contributed by atoms with Crippen molar-refractivity contribution >= 4 is 33.8 Å². The Balaban J connectivity index is 1.59. The Morgan fingerprint density at radius 3 is 2.81 bits per heavy atom. The summed E-state index contributed by atoms with van der Waals surface area (Å²) in [7, 11) is 1.60. The van der Waals surface area contributed by atoms with Gasteiger partial charge in [-0.05, 0) is 37.7 Å². The van der Waals surface area contributed by atoms with Gasteiger partial charge < -0.3 is 10.1 Å². The minimum atomic E-state index is -0.229. The zero-order chi connectivity index (χ0) is 18.8. The number of benzene rings is 1. The van der Waals surface area contributed by atoms with E-state index in [1.165, 1.54) is 43.4 Å². The molecule has 0 saturated heterocycles. The normalized spacial score (nSPS) is 19.9. The molecule has 2 heterocycles. The third kappa shape index (κ3) is 3.69. The van der Waals surface area contributed by atoms with Crippen LogP contribution in [-0.4, -0.2) is 27.8 Å². The first kappa shape index (κ1) is 18.0. The molecular weight excluding hydrogens is 360 g/mol. The van der Waals surface area contributed by atoms with Crippen molar-refractivity contribution < 1.29 is 9.53 Å². The van der Waals surface area contributed by atoms with Crippen LogP contribution in [0.15, 0.2) is 29.9 Å². The molecule has 7 heteroatoms. The number of carbonyl (C=O) groups is 1. The van der Waals surface area contributed by atoms with Crippen molar-refractivity contribution in [1.82, 2.24) is 14.8 Å². The van der Waals surface area contributed by atoms with E-state index in [4.69, 9.17) is 9.84 Å². The van der Waals surface area contributed by atoms with Crippen molar-refractivity contribution in [2.75, 3.05) is 12.4 Å². The number of aromatic nitrogens is 3. The monoisotopic (exact) mass is 384 g/mol. The lowest BCUT2D eigenvalue weighted by Gasteiger charge is -2.27. The van der Waals surface area contributed by atoms with Gasteiger partial charge in [0.05, 0.1) is 24.4 Å². The number of nitrogens with one attached hydrogen (secondary N) is 1. The first-order valence-electron chi connectivity index (χ1n) is 9.45. The second-order valence-corrected chi connectivity index (χ2v) is 7.99. The van der Waals surface area contributed by atoms with Crippen LogP contribution in [-0.2, 0) is 0 Å². The smallest absolute Gasteiger partial charge is 0.284 e. The molecule has 142 valence electrons. The Morgan fingerprint density at radius 1 is 1.33 bits per heavy atom. The Morgan fingerprint density at radius 2 is 2.15 bits per heavy atom. The summed E-state index contributed by atoms with van der Waals surface area (Å²) in [6, 6.07) is 4.28. The number of rotatable bonds is 5. The van der Waals surface area contributed by atoms with Crippen LogP contribution in [0.4, 0.5) is 5.69 Å². The van der Waals surface area contributed by atoms with Crippen molar-refractivity contribution in [3.8, 4) is 5.75 Å². The van der Waals surface area contributed by atoms with Crippen LogP contribution >= 0.6 is 11.3 Å². The highest BCUT2D eigenvalue weighted by atomic mass is 32.1. The van der Waals surface area contributed by atoms with Gasteiger partial charge >= 0.3 is 0 Å². The number of methoxy groups -OCH3 is 1. The molecule has 1 N–H and O–H groups in total. The Hall–Kier alpha value is -2.41. The number of ether oxygens (including phenoxy) is 1. The quantitative estimate of drug-likeness (QED) is 0.680. The maximum atomic E-state index is 12.4. The van der Waals surface area contributed by atoms with Crippen molar-refractivity contribution in [3.63, 3.8) is 0 Å². The lowest BCUT2D eigenvalue weighted by molar-refractivity contribution is 0.102. The van der Waals surface area contributed by atoms with Gasteiger partial charge in [-0.1, -0.05) is 13.3 Å². The molecule has 0 radical (unpaired) electrons. The SMILES string of the molecule is CCC1CCC(n2cc3cc(NC(=O)c4nccs4)c(OC)cc3n2)CC1. The van der Waals surface area contributed by atoms with E-state index in [1.807, 2.05) is 12.1 Å². The van der Waals surface area contributed by atoms with Gasteiger partial charge in [0.15, 0.2) is 5.01 Å². The highest BCUT2D eigenvalue weighted by molar-refractivity contribution is 7.11. The predicted octanol–water partition coefficient (Wildman–Crippen LogP) is 4.90. The summed E-state index contributed by atoms with van der Waals surface area (Å²) in [5, 5.41) is 10.9. The van der Waals surface area contributed by atoms with E-state index in [1.54, 1.807) is 18.7 Å². The van der Waals surface area contributed by atoms with E-state index in [9.17, 15) is 4.79 Å². The molecule has 27 heavy (non-hydrogen) atoms. The van der Waals surface area contributed by atoms with Crippen LogP contribution in [0.5, 0.6) is 5.75 Å². The summed E-state index contributed by atoms with van der Waals surface area (Å²) in [4.78, 5) is 16.4. The van der Waals surface area contributed by atoms with E-state index in [2.05, 4.69) is 28.1 Å². The standard InChI is InChI=1S/C20H24N4O2S/c1-3-13-4-6-15(7-5-13)24-12-14-10-17(18(26-2)11-16(14)23-24)22-19(25)20-21-8-9-27-20/h8-13,15H,3-7H2,1-2H3,(H,22,25). The second-order valence-electron chi connectivity index (χ2n) is 7.09. The fraction of sp³-hybridized carbons (Fsp3) is 0.450. The maximum Gasteiger partial charge on any atom is 0.284 e. The van der Waals surface area contributed by atoms with Gasteiger partial charge in [-0.15, -0.1) is 11.3 Å². The number of nitrogens with zero attached hydrogens (tertiary/aromatic N) is 3. The van der Waals surface area contributed by atoms with E-state index in [-0.39, 0.29) is 5.91 Å². The molecule has 0 spiro atoms. The zero-order valence-corrected chi connectivity index (χ0v) is 16.5. The van der Waals surface area contributed by atoms with Crippen LogP contribution in [0.1, 0.15) is 54.9 Å². The molecule has 3 aromatic rings. The van der Waals surface area contributed by atoms with Crippen molar-refractivity contribution in [2.45, 2.75) is 45.1 Å². The van der Waals surface area contributed by atoms with Crippen molar-refractivity contribution in [3.05, 3.63) is 34.9 Å². The molecule has 2 aromatic heterocycles. The number of hydrogen-bond acceptors (Lipinski definition) is 5. The van der Waals surface area contributed by atoms with Crippen LogP contribution in [0, 0.1) is 5.92 Å². The molecule has 1 aromatic carbocycles. The fourth-order valence-corrected chi connectivity index (χ4v) is 4.38. The van der Waals surface area contributed by atoms with Crippen LogP contribution in [0.3, 0.4) is 0 Å². The van der Waals surface area contributed by atoms with Gasteiger partial charge in [-0.2, -0.15) is 5.10 Å². The number of carbonyl (C=O) groups excluding carboxylic acids is 1. The Labute approximate surface area is 162 Å². The lowest BCUT2D eigenvalue weighted by atomic mass is 9.85. The molecule has 0 unspecified atom stereocenters. The van der Waals surface area contributed by atoms with Crippen molar-refractivity contribution in [2.24, 2.45) is 5.92 Å². The first-order valence-corrected chi connectivity index (χ1v) is 10.3. The second kappa shape index (κ2) is 7.68. The minimum absolute atomic E-state index is 0.229. The summed E-state index contributed by atoms with van der Waals surface area (Å²) in [6.07, 6.45) is 9.88. The van der Waals surface area contributed by atoms with E-state index in [0.717, 1.165) is 16.8 Å². The molecule has 1 saturated carbocycles. The number of fused-ring (bicyclic) bond motifs is 1. The molecule has 0 atom stereocenters. The van der Waals surface area contributed by atoms with Crippen LogP contribution in [0.2, 0.25) is 0 Å². The van der Waals surface area contributed by atoms with Gasteiger partial charge in [0, 0.05) is 29.2 Å². The number of amides is 1. The summed E-state index contributed by atoms with van der Waals surface area (Å²) in [5.74, 6) is 1.24. The molecule has 6 nitrogen and oxygen atoms in total. The first-order chi connectivity index (χ1) is 13.2. The average Bonchev–Trinajstić information content (AvgIpc) is 3.37. The molecule has 1 aliphatic rings. The van der Waals surface area contributed by atoms with Gasteiger partial charge in [-0.3, -0.25) is 9.48 Å². The summed E-state index contributed by atoms with van der Waals surface area (Å²) in [6.45, 7) is 2.28. The number of anilines is 1. The van der Waals surface area contributed by atoms with Gasteiger partial charge in [0.2, 0.25) is 0 Å². The topological polar surface area (TPSA) is 69.0 Å². The zero-order valence-electron chi connectivity index (χ0n) is 15.6. The fourth-order valence-electron chi connectivity index (χ4n) is 3.85. The van der Waals surface area contributed by atoms with Gasteiger partial charge in [0.1, 0.15) is 5.75 Å². The minimum Gasteiger partial charge on any atom is -0.494 e. The molecule has 1 aliphatic carbocycles. The van der Waals surface area contributed by atoms with Crippen LogP contribution in [0.25, 0.3) is 10.9 Å². The van der Waals surface area contributed by atoms with Crippen molar-refractivity contribution in [1.29, 1.82) is 0 Å². The lowest BCUT2D eigenvalue weighted by Crippen LogP contribution is -2.18. The number of thiazole rings is 1. The summed E-state index contributed by atoms with van der Waals surface area (Å²) < 4.78 is 7.57. The van der Waals surface area contributed by atoms with Gasteiger partial charge in [-0.25, -0.2) is 4.98 Å². The number of hydrogen-bond donors (Lipinski definition) is 1. The Kier molecular flexibility index (Phi) is 5.11. The molecular formula is C20H24N4O2S. The largest absolute Gasteiger partial charge is 0.494 e. The molecule has 0 aliphatic heterocycles.